The van der Waals surface area contributed by atoms with Gasteiger partial charge in [-0.05, 0) is 59.7 Å². The number of hydrogen-bond donors (Lipinski definition) is 1. The lowest BCUT2D eigenvalue weighted by Gasteiger charge is -2.36. The van der Waals surface area contributed by atoms with E-state index in [4.69, 9.17) is 4.74 Å². The van der Waals surface area contributed by atoms with Crippen LogP contribution in [0.25, 0.3) is 11.1 Å². The Morgan fingerprint density at radius 3 is 1.97 bits per heavy atom. The van der Waals surface area contributed by atoms with Crippen molar-refractivity contribution in [2.45, 2.75) is 29.5 Å². The minimum atomic E-state index is -4.12. The van der Waals surface area contributed by atoms with Crippen LogP contribution in [-0.2, 0) is 30.6 Å². The number of carboxylic acid groups (broad SMARTS) is 1. The first-order valence-corrected chi connectivity index (χ1v) is 15.5. The number of carbonyl (C=O) groups is 1. The van der Waals surface area contributed by atoms with Gasteiger partial charge in [0.05, 0.1) is 17.8 Å². The van der Waals surface area contributed by atoms with Crippen LogP contribution in [0.4, 0.5) is 0 Å². The molecule has 0 radical (unpaired) electrons. The molecule has 0 aromatic heterocycles. The topological polar surface area (TPSA) is 121 Å². The van der Waals surface area contributed by atoms with Gasteiger partial charge in [-0.15, -0.1) is 0 Å². The molecule has 0 bridgehead atoms. The van der Waals surface area contributed by atoms with Crippen molar-refractivity contribution < 1.29 is 31.5 Å². The summed E-state index contributed by atoms with van der Waals surface area (Å²) in [4.78, 5) is 12.3. The fraction of sp³-hybridized carbons (Fsp3) is 0.321. The number of sulfonamides is 2. The number of methoxy groups -OCH3 is 1. The summed E-state index contributed by atoms with van der Waals surface area (Å²) in [5.41, 5.74) is 2.36. The van der Waals surface area contributed by atoms with Gasteiger partial charge in [-0.25, -0.2) is 21.1 Å². The molecule has 0 saturated carbocycles. The lowest BCUT2D eigenvalue weighted by molar-refractivity contribution is -0.143. The Kier molecular flexibility index (Phi) is 8.75. The first-order valence-electron chi connectivity index (χ1n) is 12.5. The van der Waals surface area contributed by atoms with E-state index in [1.807, 2.05) is 30.3 Å². The summed E-state index contributed by atoms with van der Waals surface area (Å²) in [7, 11) is -4.86. The molecule has 39 heavy (non-hydrogen) atoms. The number of ether oxygens (including phenoxy) is 1. The van der Waals surface area contributed by atoms with Gasteiger partial charge in [0, 0.05) is 20.1 Å². The van der Waals surface area contributed by atoms with Crippen molar-refractivity contribution in [1.82, 2.24) is 8.61 Å². The predicted octanol–water partition coefficient (Wildman–Crippen LogP) is 3.68. The molecule has 1 N–H and O–H groups in total. The Hall–Kier alpha value is -3.25. The zero-order valence-corrected chi connectivity index (χ0v) is 23.4. The largest absolute Gasteiger partial charge is 0.497 e. The monoisotopic (exact) mass is 572 g/mol. The van der Waals surface area contributed by atoms with E-state index in [2.05, 4.69) is 0 Å². The molecule has 1 aliphatic heterocycles. The van der Waals surface area contributed by atoms with Gasteiger partial charge < -0.3 is 9.84 Å². The van der Waals surface area contributed by atoms with E-state index in [-0.39, 0.29) is 36.6 Å². The van der Waals surface area contributed by atoms with Crippen LogP contribution in [0.3, 0.4) is 0 Å². The third-order valence-electron chi connectivity index (χ3n) is 7.13. The molecule has 0 spiro atoms. The molecule has 1 unspecified atom stereocenters. The van der Waals surface area contributed by atoms with E-state index >= 15 is 0 Å². The molecule has 208 valence electrons. The van der Waals surface area contributed by atoms with Crippen LogP contribution >= 0.6 is 0 Å². The minimum absolute atomic E-state index is 0.0172. The molecule has 0 amide bonds. The van der Waals surface area contributed by atoms with Gasteiger partial charge in [0.2, 0.25) is 20.0 Å². The maximum Gasteiger partial charge on any atom is 0.322 e. The molecular formula is C28H32N2O7S2. The van der Waals surface area contributed by atoms with E-state index < -0.39 is 38.0 Å². The van der Waals surface area contributed by atoms with Crippen molar-refractivity contribution in [2.75, 3.05) is 27.2 Å². The molecular weight excluding hydrogens is 540 g/mol. The molecule has 0 aliphatic carbocycles. The summed E-state index contributed by atoms with van der Waals surface area (Å²) in [6, 6.07) is 21.1. The first-order chi connectivity index (χ1) is 18.5. The second-order valence-corrected chi connectivity index (χ2v) is 13.5. The van der Waals surface area contributed by atoms with Gasteiger partial charge in [-0.3, -0.25) is 4.79 Å². The predicted molar refractivity (Wildman–Crippen MR) is 148 cm³/mol. The van der Waals surface area contributed by atoms with Gasteiger partial charge in [0.25, 0.3) is 0 Å². The number of benzene rings is 3. The third-order valence-corrected chi connectivity index (χ3v) is 10.8. The summed E-state index contributed by atoms with van der Waals surface area (Å²) in [6.07, 6.45) is 0.475. The van der Waals surface area contributed by atoms with Crippen LogP contribution in [0.2, 0.25) is 0 Å². The highest BCUT2D eigenvalue weighted by atomic mass is 32.2. The Labute approximate surface area is 229 Å². The minimum Gasteiger partial charge on any atom is -0.497 e. The maximum absolute atomic E-state index is 13.4. The van der Waals surface area contributed by atoms with Gasteiger partial charge >= 0.3 is 5.97 Å². The number of likely N-dealkylation sites (N-methyl/N-ethyl adjacent to an activating group) is 1. The quantitative estimate of drug-likeness (QED) is 0.393. The molecule has 3 aromatic carbocycles. The Morgan fingerprint density at radius 2 is 1.46 bits per heavy atom. The smallest absolute Gasteiger partial charge is 0.322 e. The Bertz CT molecular complexity index is 1480. The summed E-state index contributed by atoms with van der Waals surface area (Å²) in [6.45, 7) is 0.266. The van der Waals surface area contributed by atoms with E-state index in [1.165, 1.54) is 23.5 Å². The highest BCUT2D eigenvalue weighted by Crippen LogP contribution is 2.30. The number of carboxylic acids is 1. The lowest BCUT2D eigenvalue weighted by atomic mass is 9.90. The van der Waals surface area contributed by atoms with Gasteiger partial charge in [-0.1, -0.05) is 54.6 Å². The number of hydrogen-bond acceptors (Lipinski definition) is 6. The van der Waals surface area contributed by atoms with Crippen LogP contribution < -0.4 is 4.74 Å². The molecule has 4 rings (SSSR count). The van der Waals surface area contributed by atoms with Crippen LogP contribution in [0, 0.1) is 5.92 Å². The average Bonchev–Trinajstić information content (AvgIpc) is 2.93. The molecule has 3 aromatic rings. The molecule has 1 atom stereocenters. The van der Waals surface area contributed by atoms with Crippen molar-refractivity contribution in [1.29, 1.82) is 0 Å². The second kappa shape index (κ2) is 11.9. The van der Waals surface area contributed by atoms with Crippen LogP contribution in [0.1, 0.15) is 18.4 Å². The van der Waals surface area contributed by atoms with Crippen LogP contribution in [0.15, 0.2) is 83.8 Å². The number of aliphatic carboxylic acids is 1. The highest BCUT2D eigenvalue weighted by molar-refractivity contribution is 7.89. The molecule has 1 heterocycles. The molecule has 9 nitrogen and oxygen atoms in total. The summed E-state index contributed by atoms with van der Waals surface area (Å²) < 4.78 is 60.1. The molecule has 1 fully saturated rings. The summed E-state index contributed by atoms with van der Waals surface area (Å²) in [5.74, 6) is -1.23. The third kappa shape index (κ3) is 6.50. The van der Waals surface area contributed by atoms with E-state index in [9.17, 15) is 26.7 Å². The average molecular weight is 573 g/mol. The highest BCUT2D eigenvalue weighted by Gasteiger charge is 2.41. The Balaban J connectivity index is 1.46. The van der Waals surface area contributed by atoms with Crippen LogP contribution in [0.5, 0.6) is 5.75 Å². The SMILES string of the molecule is COc1ccc(-c2ccc(S(=O)(=O)N(C)C(C(=O)O)C3CCN(S(=O)(=O)Cc4ccccc4)CC3)cc2)cc1. The van der Waals surface area contributed by atoms with Crippen LogP contribution in [-0.4, -0.2) is 69.8 Å². The van der Waals surface area contributed by atoms with Gasteiger partial charge in [0.1, 0.15) is 11.8 Å². The zero-order chi connectivity index (χ0) is 28.2. The standard InChI is InChI=1S/C28H32N2O7S2/c1-29(39(35,36)26-14-10-23(11-15-26)22-8-12-25(37-2)13-9-22)27(28(31)32)24-16-18-30(19-17-24)38(33,34)20-21-6-4-3-5-7-21/h3-15,24,27H,16-20H2,1-2H3,(H,31,32). The second-order valence-electron chi connectivity index (χ2n) is 9.54. The van der Waals surface area contributed by atoms with Crippen molar-refractivity contribution in [2.24, 2.45) is 5.92 Å². The van der Waals surface area contributed by atoms with E-state index in [0.717, 1.165) is 15.4 Å². The fourth-order valence-corrected chi connectivity index (χ4v) is 7.86. The Morgan fingerprint density at radius 1 is 0.923 bits per heavy atom. The molecule has 1 aliphatic rings. The van der Waals surface area contributed by atoms with Crippen molar-refractivity contribution in [3.63, 3.8) is 0 Å². The molecule has 11 heteroatoms. The maximum atomic E-state index is 13.4. The fourth-order valence-electron chi connectivity index (χ4n) is 4.92. The summed E-state index contributed by atoms with van der Waals surface area (Å²) >= 11 is 0. The first kappa shape index (κ1) is 28.8. The lowest BCUT2D eigenvalue weighted by Crippen LogP contribution is -2.51. The van der Waals surface area contributed by atoms with Crippen molar-refractivity contribution in [3.05, 3.63) is 84.4 Å². The van der Waals surface area contributed by atoms with Gasteiger partial charge in [0.15, 0.2) is 0 Å². The van der Waals surface area contributed by atoms with Crippen molar-refractivity contribution >= 4 is 26.0 Å². The number of piperidine rings is 1. The van der Waals surface area contributed by atoms with E-state index in [1.54, 1.807) is 43.5 Å². The zero-order valence-electron chi connectivity index (χ0n) is 21.8. The van der Waals surface area contributed by atoms with E-state index in [0.29, 0.717) is 11.3 Å². The normalized spacial score (nSPS) is 16.2. The number of rotatable bonds is 10. The number of nitrogens with zero attached hydrogens (tertiary/aromatic N) is 2. The van der Waals surface area contributed by atoms with Gasteiger partial charge in [-0.2, -0.15) is 4.31 Å². The summed E-state index contributed by atoms with van der Waals surface area (Å²) in [5, 5.41) is 10.0. The van der Waals surface area contributed by atoms with Crippen molar-refractivity contribution in [3.8, 4) is 16.9 Å². The molecule has 1 saturated heterocycles.